The molecule has 3 aliphatic rings. The third kappa shape index (κ3) is 5.32. The minimum absolute atomic E-state index is 0.00599. The Kier molecular flexibility index (Phi) is 7.51. The molecule has 1 aromatic heterocycles. The van der Waals surface area contributed by atoms with E-state index in [2.05, 4.69) is 14.6 Å². The number of hydrogen-bond acceptors (Lipinski definition) is 5. The van der Waals surface area contributed by atoms with E-state index in [0.717, 1.165) is 56.6 Å². The third-order valence-corrected chi connectivity index (χ3v) is 11.2. The second kappa shape index (κ2) is 10.8. The highest BCUT2D eigenvalue weighted by molar-refractivity contribution is 7.89. The summed E-state index contributed by atoms with van der Waals surface area (Å²) in [6.07, 6.45) is 8.02. The van der Waals surface area contributed by atoms with Crippen LogP contribution in [0.3, 0.4) is 0 Å². The first-order valence-electron chi connectivity index (χ1n) is 13.4. The van der Waals surface area contributed by atoms with Crippen LogP contribution in [0, 0.1) is 5.41 Å². The van der Waals surface area contributed by atoms with Gasteiger partial charge in [-0.15, -0.1) is 0 Å². The molecule has 2 fully saturated rings. The quantitative estimate of drug-likeness (QED) is 0.371. The number of nitrogens with zero attached hydrogens (tertiary/aromatic N) is 3. The Bertz CT molecular complexity index is 1540. The molecule has 6 rings (SSSR count). The SMILES string of the molecule is O=C(c1ccc2c(c1)C(NS(=O)(=O)c1c(Cl)cc(Cl)cc1Cl)CC2)N1CCC2(CCN(c3ccncc3)CC2)C1. The predicted molar refractivity (Wildman–Crippen MR) is 158 cm³/mol. The number of carbonyl (C=O) groups is 1. The van der Waals surface area contributed by atoms with E-state index in [9.17, 15) is 13.2 Å². The normalized spacial score (nSPS) is 20.2. The number of fused-ring (bicyclic) bond motifs is 1. The molecule has 7 nitrogen and oxygen atoms in total. The number of aryl methyl sites for hydroxylation is 1. The van der Waals surface area contributed by atoms with Crippen molar-refractivity contribution < 1.29 is 13.2 Å². The largest absolute Gasteiger partial charge is 0.371 e. The highest BCUT2D eigenvalue weighted by Gasteiger charge is 2.42. The molecule has 3 aromatic rings. The Labute approximate surface area is 249 Å². The van der Waals surface area contributed by atoms with E-state index in [4.69, 9.17) is 34.8 Å². The van der Waals surface area contributed by atoms with Gasteiger partial charge in [0.25, 0.3) is 5.91 Å². The highest BCUT2D eigenvalue weighted by Crippen LogP contribution is 2.42. The molecule has 0 bridgehead atoms. The molecule has 210 valence electrons. The van der Waals surface area contributed by atoms with Gasteiger partial charge in [0.15, 0.2) is 0 Å². The van der Waals surface area contributed by atoms with E-state index in [1.165, 1.54) is 17.8 Å². The average Bonchev–Trinajstić information content (AvgIpc) is 3.52. The lowest BCUT2D eigenvalue weighted by Crippen LogP contribution is -2.42. The molecule has 0 saturated carbocycles. The number of nitrogens with one attached hydrogen (secondary N) is 1. The van der Waals surface area contributed by atoms with Gasteiger partial charge >= 0.3 is 0 Å². The number of rotatable bonds is 5. The highest BCUT2D eigenvalue weighted by atomic mass is 35.5. The van der Waals surface area contributed by atoms with Crippen molar-refractivity contribution in [3.8, 4) is 0 Å². The van der Waals surface area contributed by atoms with Crippen molar-refractivity contribution in [1.82, 2.24) is 14.6 Å². The van der Waals surface area contributed by atoms with Crippen molar-refractivity contribution >= 4 is 56.4 Å². The summed E-state index contributed by atoms with van der Waals surface area (Å²) < 4.78 is 29.3. The maximum absolute atomic E-state index is 13.6. The molecular weight excluding hydrogens is 591 g/mol. The Hall–Kier alpha value is -2.36. The van der Waals surface area contributed by atoms with Crippen molar-refractivity contribution in [2.45, 2.75) is 43.0 Å². The van der Waals surface area contributed by atoms with E-state index in [1.54, 1.807) is 0 Å². The van der Waals surface area contributed by atoms with Crippen LogP contribution in [0.4, 0.5) is 5.69 Å². The average molecular weight is 620 g/mol. The molecule has 2 aromatic carbocycles. The third-order valence-electron chi connectivity index (χ3n) is 8.58. The number of likely N-dealkylation sites (tertiary alicyclic amines) is 1. The van der Waals surface area contributed by atoms with Crippen LogP contribution in [0.15, 0.2) is 59.8 Å². The van der Waals surface area contributed by atoms with E-state index < -0.39 is 16.1 Å². The molecule has 3 heterocycles. The van der Waals surface area contributed by atoms with Crippen LogP contribution in [0.2, 0.25) is 15.1 Å². The minimum atomic E-state index is -4.03. The van der Waals surface area contributed by atoms with Crippen LogP contribution in [0.5, 0.6) is 0 Å². The van der Waals surface area contributed by atoms with Gasteiger partial charge < -0.3 is 9.80 Å². The van der Waals surface area contributed by atoms with Crippen LogP contribution >= 0.6 is 34.8 Å². The van der Waals surface area contributed by atoms with Crippen LogP contribution in [-0.4, -0.2) is 50.4 Å². The van der Waals surface area contributed by atoms with Gasteiger partial charge in [-0.05, 0) is 85.0 Å². The number of piperidine rings is 1. The lowest BCUT2D eigenvalue weighted by atomic mass is 9.77. The van der Waals surface area contributed by atoms with Crippen molar-refractivity contribution in [2.75, 3.05) is 31.1 Å². The zero-order valence-electron chi connectivity index (χ0n) is 21.7. The van der Waals surface area contributed by atoms with Gasteiger partial charge in [-0.3, -0.25) is 9.78 Å². The van der Waals surface area contributed by atoms with E-state index in [-0.39, 0.29) is 31.3 Å². The maximum Gasteiger partial charge on any atom is 0.253 e. The van der Waals surface area contributed by atoms with Gasteiger partial charge in [0.2, 0.25) is 10.0 Å². The molecule has 2 aliphatic heterocycles. The van der Waals surface area contributed by atoms with E-state index in [0.29, 0.717) is 18.4 Å². The summed E-state index contributed by atoms with van der Waals surface area (Å²) in [5.74, 6) is -0.00599. The Balaban J connectivity index is 1.15. The van der Waals surface area contributed by atoms with Gasteiger partial charge in [0.1, 0.15) is 4.90 Å². The number of amides is 1. The Morgan fingerprint density at radius 3 is 2.33 bits per heavy atom. The summed E-state index contributed by atoms with van der Waals surface area (Å²) in [6.45, 7) is 3.41. The molecule has 1 atom stereocenters. The fourth-order valence-corrected chi connectivity index (χ4v) is 9.18. The standard InChI is InChI=1S/C29H29Cl3N4O3S/c30-21-16-24(31)27(25(32)17-21)40(38,39)34-26-4-3-19-1-2-20(15-23(19)26)28(37)36-14-9-29(18-36)7-12-35(13-8-29)22-5-10-33-11-6-22/h1-2,5-6,10-11,15-17,26,34H,3-4,7-9,12-14,18H2. The molecule has 40 heavy (non-hydrogen) atoms. The van der Waals surface area contributed by atoms with Crippen molar-refractivity contribution in [3.05, 3.63) is 86.6 Å². The summed E-state index contributed by atoms with van der Waals surface area (Å²) in [6, 6.07) is 12.0. The smallest absolute Gasteiger partial charge is 0.253 e. The van der Waals surface area contributed by atoms with Gasteiger partial charge in [-0.1, -0.05) is 40.9 Å². The van der Waals surface area contributed by atoms with Gasteiger partial charge in [0.05, 0.1) is 10.0 Å². The first-order chi connectivity index (χ1) is 19.1. The minimum Gasteiger partial charge on any atom is -0.371 e. The first kappa shape index (κ1) is 27.8. The molecule has 1 spiro atoms. The van der Waals surface area contributed by atoms with Crippen molar-refractivity contribution in [2.24, 2.45) is 5.41 Å². The molecule has 1 amide bonds. The molecule has 1 unspecified atom stereocenters. The van der Waals surface area contributed by atoms with Crippen molar-refractivity contribution in [3.63, 3.8) is 0 Å². The lowest BCUT2D eigenvalue weighted by molar-refractivity contribution is 0.0764. The number of hydrogen-bond donors (Lipinski definition) is 1. The predicted octanol–water partition coefficient (Wildman–Crippen LogP) is 6.14. The summed E-state index contributed by atoms with van der Waals surface area (Å²) in [7, 11) is -4.03. The monoisotopic (exact) mass is 618 g/mol. The molecule has 1 aliphatic carbocycles. The van der Waals surface area contributed by atoms with Crippen molar-refractivity contribution in [1.29, 1.82) is 0 Å². The van der Waals surface area contributed by atoms with Gasteiger partial charge in [-0.2, -0.15) is 0 Å². The van der Waals surface area contributed by atoms with Crippen LogP contribution in [0.1, 0.15) is 53.2 Å². The van der Waals surface area contributed by atoms with Crippen LogP contribution in [-0.2, 0) is 16.4 Å². The van der Waals surface area contributed by atoms with E-state index in [1.807, 2.05) is 47.6 Å². The van der Waals surface area contributed by atoms with E-state index >= 15 is 0 Å². The molecule has 2 saturated heterocycles. The number of sulfonamides is 1. The number of carbonyl (C=O) groups excluding carboxylic acids is 1. The number of halogens is 3. The van der Waals surface area contributed by atoms with Gasteiger partial charge in [0, 0.05) is 60.9 Å². The van der Waals surface area contributed by atoms with Gasteiger partial charge in [-0.25, -0.2) is 13.1 Å². The summed E-state index contributed by atoms with van der Waals surface area (Å²) >= 11 is 18.4. The summed E-state index contributed by atoms with van der Waals surface area (Å²) in [5.41, 5.74) is 3.76. The zero-order chi connectivity index (χ0) is 28.1. The Morgan fingerprint density at radius 2 is 1.62 bits per heavy atom. The number of anilines is 1. The number of benzene rings is 2. The topological polar surface area (TPSA) is 82.6 Å². The second-order valence-corrected chi connectivity index (χ2v) is 13.9. The summed E-state index contributed by atoms with van der Waals surface area (Å²) in [5, 5.41) is 0.176. The molecule has 0 radical (unpaired) electrons. The lowest BCUT2D eigenvalue weighted by Gasteiger charge is -2.40. The summed E-state index contributed by atoms with van der Waals surface area (Å²) in [4.78, 5) is 21.9. The number of pyridine rings is 1. The first-order valence-corrected chi connectivity index (χ1v) is 16.0. The number of aromatic nitrogens is 1. The maximum atomic E-state index is 13.6. The Morgan fingerprint density at radius 1 is 0.950 bits per heavy atom. The fraction of sp³-hybridized carbons (Fsp3) is 0.379. The molecular formula is C29H29Cl3N4O3S. The van der Waals surface area contributed by atoms with Crippen LogP contribution in [0.25, 0.3) is 0 Å². The molecule has 11 heteroatoms. The fourth-order valence-electron chi connectivity index (χ4n) is 6.38. The zero-order valence-corrected chi connectivity index (χ0v) is 24.8. The molecule has 1 N–H and O–H groups in total. The van der Waals surface area contributed by atoms with Crippen LogP contribution < -0.4 is 9.62 Å². The second-order valence-electron chi connectivity index (χ2n) is 11.0.